The lowest BCUT2D eigenvalue weighted by atomic mass is 10.0. The average Bonchev–Trinajstić information content (AvgIpc) is 3.09. The van der Waals surface area contributed by atoms with E-state index in [9.17, 15) is 9.90 Å². The van der Waals surface area contributed by atoms with Crippen molar-refractivity contribution in [1.82, 2.24) is 9.97 Å². The van der Waals surface area contributed by atoms with Crippen LogP contribution in [0.4, 0.5) is 0 Å². The molecule has 0 saturated heterocycles. The van der Waals surface area contributed by atoms with E-state index in [0.717, 1.165) is 32.9 Å². The second-order valence-electron chi connectivity index (χ2n) is 5.16. The summed E-state index contributed by atoms with van der Waals surface area (Å²) in [6.45, 7) is 0. The van der Waals surface area contributed by atoms with Crippen molar-refractivity contribution >= 4 is 39.4 Å². The maximum absolute atomic E-state index is 11.2. The van der Waals surface area contributed by atoms with E-state index in [0.29, 0.717) is 5.02 Å². The lowest BCUT2D eigenvalue weighted by Crippen LogP contribution is -1.94. The number of aromatic amines is 2. The molecule has 0 fully saturated rings. The van der Waals surface area contributed by atoms with Crippen LogP contribution in [0.25, 0.3) is 32.9 Å². The van der Waals surface area contributed by atoms with Crippen molar-refractivity contribution in [3.05, 3.63) is 59.4 Å². The summed E-state index contributed by atoms with van der Waals surface area (Å²) in [5.41, 5.74) is 4.10. The van der Waals surface area contributed by atoms with Crippen LogP contribution in [0.15, 0.2) is 48.8 Å². The Hall–Kier alpha value is -2.72. The van der Waals surface area contributed by atoms with Crippen LogP contribution >= 0.6 is 11.6 Å². The lowest BCUT2D eigenvalue weighted by molar-refractivity contribution is 0.0697. The lowest BCUT2D eigenvalue weighted by Gasteiger charge is -2.00. The van der Waals surface area contributed by atoms with Gasteiger partial charge in [0.25, 0.3) is 0 Å². The van der Waals surface area contributed by atoms with Crippen LogP contribution in [0.2, 0.25) is 5.02 Å². The Morgan fingerprint density at radius 3 is 2.14 bits per heavy atom. The molecule has 108 valence electrons. The number of carboxylic acid groups (broad SMARTS) is 1. The largest absolute Gasteiger partial charge is 0.478 e. The molecular formula is C17H11ClN2O2. The number of halogens is 1. The quantitative estimate of drug-likeness (QED) is 0.503. The standard InChI is InChI=1S/C17H11ClN2O2/c18-10-2-4-16-12(6-10)14(8-20-16)13-7-19-15-3-1-9(17(21)22)5-11(13)15/h1-8,19-20H,(H,21,22). The fraction of sp³-hybridized carbons (Fsp3) is 0. The summed E-state index contributed by atoms with van der Waals surface area (Å²) in [4.78, 5) is 17.6. The number of aromatic carboxylic acids is 1. The molecule has 2 aromatic heterocycles. The first-order valence-corrected chi connectivity index (χ1v) is 7.13. The summed E-state index contributed by atoms with van der Waals surface area (Å²) in [7, 11) is 0. The van der Waals surface area contributed by atoms with Crippen LogP contribution in [0.1, 0.15) is 10.4 Å². The van der Waals surface area contributed by atoms with E-state index in [2.05, 4.69) is 9.97 Å². The summed E-state index contributed by atoms with van der Waals surface area (Å²) in [5.74, 6) is -0.934. The molecule has 5 heteroatoms. The minimum atomic E-state index is -0.934. The number of nitrogens with one attached hydrogen (secondary N) is 2. The van der Waals surface area contributed by atoms with Gasteiger partial charge in [-0.3, -0.25) is 0 Å². The third-order valence-corrected chi connectivity index (χ3v) is 4.10. The zero-order chi connectivity index (χ0) is 15.3. The third-order valence-electron chi connectivity index (χ3n) is 3.86. The summed E-state index contributed by atoms with van der Waals surface area (Å²) < 4.78 is 0. The molecule has 22 heavy (non-hydrogen) atoms. The summed E-state index contributed by atoms with van der Waals surface area (Å²) in [5, 5.41) is 11.7. The Morgan fingerprint density at radius 2 is 1.50 bits per heavy atom. The van der Waals surface area contributed by atoms with Crippen molar-refractivity contribution < 1.29 is 9.90 Å². The zero-order valence-corrected chi connectivity index (χ0v) is 12.1. The van der Waals surface area contributed by atoms with Gasteiger partial charge in [0.15, 0.2) is 0 Å². The van der Waals surface area contributed by atoms with Crippen LogP contribution in [-0.4, -0.2) is 21.0 Å². The van der Waals surface area contributed by atoms with Gasteiger partial charge in [-0.2, -0.15) is 0 Å². The van der Waals surface area contributed by atoms with E-state index in [1.807, 2.05) is 30.6 Å². The second-order valence-corrected chi connectivity index (χ2v) is 5.60. The van der Waals surface area contributed by atoms with Gasteiger partial charge in [0.05, 0.1) is 5.56 Å². The molecule has 4 nitrogen and oxygen atoms in total. The van der Waals surface area contributed by atoms with Crippen molar-refractivity contribution in [2.45, 2.75) is 0 Å². The van der Waals surface area contributed by atoms with E-state index in [-0.39, 0.29) is 5.56 Å². The number of fused-ring (bicyclic) bond motifs is 2. The van der Waals surface area contributed by atoms with Crippen LogP contribution in [0, 0.1) is 0 Å². The predicted molar refractivity (Wildman–Crippen MR) is 87.6 cm³/mol. The van der Waals surface area contributed by atoms with Crippen LogP contribution in [-0.2, 0) is 0 Å². The maximum Gasteiger partial charge on any atom is 0.335 e. The first-order chi connectivity index (χ1) is 10.6. The Morgan fingerprint density at radius 1 is 0.909 bits per heavy atom. The molecule has 2 aromatic carbocycles. The summed E-state index contributed by atoms with van der Waals surface area (Å²) in [6.07, 6.45) is 3.80. The number of rotatable bonds is 2. The zero-order valence-electron chi connectivity index (χ0n) is 11.4. The van der Waals surface area contributed by atoms with Gasteiger partial charge < -0.3 is 15.1 Å². The van der Waals surface area contributed by atoms with Crippen LogP contribution in [0.3, 0.4) is 0 Å². The van der Waals surface area contributed by atoms with Crippen molar-refractivity contribution in [1.29, 1.82) is 0 Å². The van der Waals surface area contributed by atoms with Gasteiger partial charge in [-0.05, 0) is 36.4 Å². The van der Waals surface area contributed by atoms with Crippen molar-refractivity contribution in [2.24, 2.45) is 0 Å². The molecule has 0 aliphatic heterocycles. The van der Waals surface area contributed by atoms with Gasteiger partial charge in [-0.15, -0.1) is 0 Å². The molecule has 0 aliphatic rings. The Kier molecular flexibility index (Phi) is 2.74. The Balaban J connectivity index is 2.01. The van der Waals surface area contributed by atoms with Crippen LogP contribution in [0.5, 0.6) is 0 Å². The van der Waals surface area contributed by atoms with Crippen molar-refractivity contribution in [3.63, 3.8) is 0 Å². The molecule has 0 saturated carbocycles. The highest BCUT2D eigenvalue weighted by Gasteiger charge is 2.13. The highest BCUT2D eigenvalue weighted by atomic mass is 35.5. The Bertz CT molecular complexity index is 1030. The van der Waals surface area contributed by atoms with Gasteiger partial charge in [0.2, 0.25) is 0 Å². The summed E-state index contributed by atoms with van der Waals surface area (Å²) >= 11 is 6.09. The van der Waals surface area contributed by atoms with Gasteiger partial charge in [0, 0.05) is 50.3 Å². The molecule has 4 aromatic rings. The first-order valence-electron chi connectivity index (χ1n) is 6.75. The van der Waals surface area contributed by atoms with E-state index >= 15 is 0 Å². The van der Waals surface area contributed by atoms with Gasteiger partial charge in [0.1, 0.15) is 0 Å². The highest BCUT2D eigenvalue weighted by Crippen LogP contribution is 2.35. The average molecular weight is 311 g/mol. The molecule has 0 atom stereocenters. The molecule has 0 amide bonds. The number of hydrogen-bond acceptors (Lipinski definition) is 1. The molecule has 3 N–H and O–H groups in total. The van der Waals surface area contributed by atoms with E-state index < -0.39 is 5.97 Å². The van der Waals surface area contributed by atoms with Gasteiger partial charge in [-0.25, -0.2) is 4.79 Å². The molecule has 0 radical (unpaired) electrons. The number of hydrogen-bond donors (Lipinski definition) is 3. The molecule has 2 heterocycles. The number of aromatic nitrogens is 2. The molecular weight excluding hydrogens is 300 g/mol. The number of benzene rings is 2. The highest BCUT2D eigenvalue weighted by molar-refractivity contribution is 6.31. The van der Waals surface area contributed by atoms with E-state index in [1.165, 1.54) is 0 Å². The normalized spacial score (nSPS) is 11.3. The van der Waals surface area contributed by atoms with E-state index in [1.54, 1.807) is 18.2 Å². The molecule has 4 rings (SSSR count). The minimum Gasteiger partial charge on any atom is -0.478 e. The molecule has 0 aliphatic carbocycles. The van der Waals surface area contributed by atoms with Crippen molar-refractivity contribution in [2.75, 3.05) is 0 Å². The number of carbonyl (C=O) groups is 1. The fourth-order valence-electron chi connectivity index (χ4n) is 2.79. The fourth-order valence-corrected chi connectivity index (χ4v) is 2.96. The SMILES string of the molecule is O=C(O)c1ccc2[nH]cc(-c3c[nH]c4ccc(Cl)cc34)c2c1. The first kappa shape index (κ1) is 13.0. The molecule has 0 unspecified atom stereocenters. The van der Waals surface area contributed by atoms with Gasteiger partial charge >= 0.3 is 5.97 Å². The van der Waals surface area contributed by atoms with Gasteiger partial charge in [-0.1, -0.05) is 11.6 Å². The minimum absolute atomic E-state index is 0.270. The number of H-pyrrole nitrogens is 2. The topological polar surface area (TPSA) is 68.9 Å². The van der Waals surface area contributed by atoms with Crippen molar-refractivity contribution in [3.8, 4) is 11.1 Å². The monoisotopic (exact) mass is 310 g/mol. The van der Waals surface area contributed by atoms with E-state index in [4.69, 9.17) is 11.6 Å². The summed E-state index contributed by atoms with van der Waals surface area (Å²) in [6, 6.07) is 10.7. The molecule has 0 bridgehead atoms. The third kappa shape index (κ3) is 1.89. The smallest absolute Gasteiger partial charge is 0.335 e. The number of carboxylic acids is 1. The second kappa shape index (κ2) is 4.64. The Labute approximate surface area is 130 Å². The predicted octanol–water partition coefficient (Wildman–Crippen LogP) is 4.67. The maximum atomic E-state index is 11.2. The molecule has 0 spiro atoms. The van der Waals surface area contributed by atoms with Crippen LogP contribution < -0.4 is 0 Å².